The third-order valence-corrected chi connectivity index (χ3v) is 4.91. The molecule has 1 saturated heterocycles. The van der Waals surface area contributed by atoms with Crippen molar-refractivity contribution in [1.82, 2.24) is 5.32 Å². The number of epoxide rings is 1. The monoisotopic (exact) mass is 389 g/mol. The minimum Gasteiger partial charge on any atom is -0.449 e. The molecule has 0 radical (unpaired) electrons. The second-order valence-electron chi connectivity index (χ2n) is 8.05. The zero-order valence-corrected chi connectivity index (χ0v) is 17.5. The van der Waals surface area contributed by atoms with Gasteiger partial charge in [-0.15, -0.1) is 0 Å². The number of carbonyl (C=O) groups is 2. The van der Waals surface area contributed by atoms with Gasteiger partial charge in [0.05, 0.1) is 6.10 Å². The first-order chi connectivity index (χ1) is 13.5. The highest BCUT2D eigenvalue weighted by atomic mass is 16.6. The molecule has 5 heteroatoms. The Morgan fingerprint density at radius 3 is 2.50 bits per heavy atom. The van der Waals surface area contributed by atoms with Crippen LogP contribution in [0.4, 0.5) is 0 Å². The molecule has 1 heterocycles. The molecule has 0 aliphatic carbocycles. The molecular weight excluding hydrogens is 354 g/mol. The number of unbranched alkanes of at least 4 members (excludes halogenated alkanes) is 4. The minimum atomic E-state index is -0.865. The van der Waals surface area contributed by atoms with Crippen molar-refractivity contribution < 1.29 is 19.1 Å². The van der Waals surface area contributed by atoms with E-state index in [1.807, 2.05) is 44.2 Å². The van der Waals surface area contributed by atoms with Gasteiger partial charge in [0.2, 0.25) is 6.10 Å². The lowest BCUT2D eigenvalue weighted by atomic mass is 10.1. The van der Waals surface area contributed by atoms with E-state index in [-0.39, 0.29) is 30.0 Å². The fourth-order valence-corrected chi connectivity index (χ4v) is 3.28. The third-order valence-electron chi connectivity index (χ3n) is 4.91. The van der Waals surface area contributed by atoms with E-state index < -0.39 is 6.10 Å². The highest BCUT2D eigenvalue weighted by Crippen LogP contribution is 2.32. The third kappa shape index (κ3) is 8.01. The van der Waals surface area contributed by atoms with Crippen molar-refractivity contribution in [3.63, 3.8) is 0 Å². The Kier molecular flexibility index (Phi) is 9.48. The van der Waals surface area contributed by atoms with Crippen LogP contribution in [0.1, 0.15) is 71.3 Å². The van der Waals surface area contributed by atoms with Gasteiger partial charge in [0, 0.05) is 13.0 Å². The molecule has 28 heavy (non-hydrogen) atoms. The van der Waals surface area contributed by atoms with Crippen molar-refractivity contribution in [2.24, 2.45) is 5.92 Å². The first-order valence-electron chi connectivity index (χ1n) is 10.7. The molecule has 0 bridgehead atoms. The Hall–Kier alpha value is -1.88. The SMILES string of the molecule is CCCCCCC[C@H]1O[C@@H]1C(OC(=O)CC(C)C)C(=O)NCc1ccccc1. The number of amides is 1. The summed E-state index contributed by atoms with van der Waals surface area (Å²) in [5.41, 5.74) is 1.01. The van der Waals surface area contributed by atoms with Crippen LogP contribution in [-0.2, 0) is 25.6 Å². The molecule has 1 amide bonds. The van der Waals surface area contributed by atoms with E-state index in [1.54, 1.807) is 0 Å². The lowest BCUT2D eigenvalue weighted by Crippen LogP contribution is -2.41. The predicted octanol–water partition coefficient (Wildman–Crippen LogP) is 4.39. The van der Waals surface area contributed by atoms with Crippen molar-refractivity contribution in [2.45, 2.75) is 90.6 Å². The number of nitrogens with one attached hydrogen (secondary N) is 1. The van der Waals surface area contributed by atoms with E-state index >= 15 is 0 Å². The maximum absolute atomic E-state index is 12.7. The summed E-state index contributed by atoms with van der Waals surface area (Å²) in [6.45, 7) is 6.52. The number of rotatable bonds is 13. The summed E-state index contributed by atoms with van der Waals surface area (Å²) in [6, 6.07) is 9.70. The average molecular weight is 390 g/mol. The Morgan fingerprint density at radius 2 is 1.82 bits per heavy atom. The van der Waals surface area contributed by atoms with Crippen molar-refractivity contribution in [3.8, 4) is 0 Å². The van der Waals surface area contributed by atoms with E-state index in [0.29, 0.717) is 13.0 Å². The molecule has 1 fully saturated rings. The summed E-state index contributed by atoms with van der Waals surface area (Å²) in [6.07, 6.45) is 6.02. The maximum atomic E-state index is 12.7. The lowest BCUT2D eigenvalue weighted by molar-refractivity contribution is -0.158. The number of carbonyl (C=O) groups excluding carboxylic acids is 2. The normalized spacial score (nSPS) is 19.3. The van der Waals surface area contributed by atoms with Crippen molar-refractivity contribution >= 4 is 11.9 Å². The minimum absolute atomic E-state index is 0.0148. The Bertz CT molecular complexity index is 602. The first-order valence-corrected chi connectivity index (χ1v) is 10.7. The summed E-state index contributed by atoms with van der Waals surface area (Å²) in [5, 5.41) is 2.89. The Morgan fingerprint density at radius 1 is 1.11 bits per heavy atom. The van der Waals surface area contributed by atoms with E-state index in [4.69, 9.17) is 9.47 Å². The topological polar surface area (TPSA) is 67.9 Å². The molecule has 1 aliphatic rings. The summed E-state index contributed by atoms with van der Waals surface area (Å²) in [7, 11) is 0. The molecule has 2 rings (SSSR count). The summed E-state index contributed by atoms with van der Waals surface area (Å²) >= 11 is 0. The van der Waals surface area contributed by atoms with E-state index in [9.17, 15) is 9.59 Å². The van der Waals surface area contributed by atoms with Gasteiger partial charge >= 0.3 is 5.97 Å². The number of benzene rings is 1. The van der Waals surface area contributed by atoms with Crippen LogP contribution >= 0.6 is 0 Å². The lowest BCUT2D eigenvalue weighted by Gasteiger charge is -2.17. The van der Waals surface area contributed by atoms with Gasteiger partial charge in [0.1, 0.15) is 6.10 Å². The molecule has 0 aromatic heterocycles. The van der Waals surface area contributed by atoms with Crippen LogP contribution in [0.15, 0.2) is 30.3 Å². The van der Waals surface area contributed by atoms with Crippen LogP contribution < -0.4 is 5.32 Å². The number of esters is 1. The van der Waals surface area contributed by atoms with Crippen molar-refractivity contribution in [1.29, 1.82) is 0 Å². The summed E-state index contributed by atoms with van der Waals surface area (Å²) in [4.78, 5) is 24.9. The van der Waals surface area contributed by atoms with Gasteiger partial charge in [-0.25, -0.2) is 0 Å². The van der Waals surface area contributed by atoms with E-state index in [0.717, 1.165) is 18.4 Å². The largest absolute Gasteiger partial charge is 0.449 e. The van der Waals surface area contributed by atoms with E-state index in [2.05, 4.69) is 12.2 Å². The quantitative estimate of drug-likeness (QED) is 0.309. The van der Waals surface area contributed by atoms with Gasteiger partial charge in [0.15, 0.2) is 0 Å². The summed E-state index contributed by atoms with van der Waals surface area (Å²) in [5.74, 6) is -0.429. The molecule has 1 aromatic rings. The molecule has 0 saturated carbocycles. The van der Waals surface area contributed by atoms with Gasteiger partial charge < -0.3 is 14.8 Å². The highest BCUT2D eigenvalue weighted by molar-refractivity contribution is 5.84. The molecule has 3 atom stereocenters. The number of hydrogen-bond donors (Lipinski definition) is 1. The molecule has 1 aliphatic heterocycles. The Labute approximate surface area is 169 Å². The maximum Gasteiger partial charge on any atom is 0.306 e. The molecule has 1 N–H and O–H groups in total. The second-order valence-corrected chi connectivity index (χ2v) is 8.05. The molecule has 5 nitrogen and oxygen atoms in total. The van der Waals surface area contributed by atoms with Gasteiger partial charge in [-0.2, -0.15) is 0 Å². The molecule has 0 spiro atoms. The van der Waals surface area contributed by atoms with Crippen LogP contribution in [0.25, 0.3) is 0 Å². The van der Waals surface area contributed by atoms with Crippen molar-refractivity contribution in [2.75, 3.05) is 0 Å². The molecule has 1 unspecified atom stereocenters. The van der Waals surface area contributed by atoms with Crippen LogP contribution in [0, 0.1) is 5.92 Å². The molecular formula is C23H35NO4. The first kappa shape index (κ1) is 22.4. The van der Waals surface area contributed by atoms with Gasteiger partial charge in [0.25, 0.3) is 5.91 Å². The summed E-state index contributed by atoms with van der Waals surface area (Å²) < 4.78 is 11.3. The van der Waals surface area contributed by atoms with E-state index in [1.165, 1.54) is 25.7 Å². The fourth-order valence-electron chi connectivity index (χ4n) is 3.28. The van der Waals surface area contributed by atoms with Crippen LogP contribution in [-0.4, -0.2) is 30.2 Å². The second kappa shape index (κ2) is 11.8. The standard InChI is InChI=1S/C23H35NO4/c1-4-5-6-7-11-14-19-21(27-19)22(28-20(25)15-17(2)3)23(26)24-16-18-12-9-8-10-13-18/h8-10,12-13,17,19,21-22H,4-7,11,14-16H2,1-3H3,(H,24,26)/t19-,21+,22?/m1/s1. The zero-order valence-electron chi connectivity index (χ0n) is 17.5. The Balaban J connectivity index is 1.86. The average Bonchev–Trinajstić information content (AvgIpc) is 3.43. The zero-order chi connectivity index (χ0) is 20.4. The number of hydrogen-bond acceptors (Lipinski definition) is 4. The highest BCUT2D eigenvalue weighted by Gasteiger charge is 2.49. The van der Waals surface area contributed by atoms with Crippen LogP contribution in [0.5, 0.6) is 0 Å². The molecule has 156 valence electrons. The molecule has 1 aromatic carbocycles. The van der Waals surface area contributed by atoms with Crippen LogP contribution in [0.2, 0.25) is 0 Å². The van der Waals surface area contributed by atoms with Gasteiger partial charge in [-0.05, 0) is 17.9 Å². The number of ether oxygens (including phenoxy) is 2. The van der Waals surface area contributed by atoms with Crippen LogP contribution in [0.3, 0.4) is 0 Å². The predicted molar refractivity (Wildman–Crippen MR) is 110 cm³/mol. The van der Waals surface area contributed by atoms with Gasteiger partial charge in [-0.3, -0.25) is 9.59 Å². The smallest absolute Gasteiger partial charge is 0.306 e. The van der Waals surface area contributed by atoms with Crippen molar-refractivity contribution in [3.05, 3.63) is 35.9 Å². The fraction of sp³-hybridized carbons (Fsp3) is 0.652. The van der Waals surface area contributed by atoms with Gasteiger partial charge in [-0.1, -0.05) is 83.2 Å².